The molecular weight excluding hydrogens is 366 g/mol. The Morgan fingerprint density at radius 2 is 1.52 bits per heavy atom. The molecule has 0 saturated heterocycles. The summed E-state index contributed by atoms with van der Waals surface area (Å²) >= 11 is 0. The molecular formula is C24H25NO4. The Labute approximate surface area is 171 Å². The number of ether oxygens (including phenoxy) is 3. The van der Waals surface area contributed by atoms with Crippen molar-refractivity contribution in [3.05, 3.63) is 90.0 Å². The number of amides is 1. The van der Waals surface area contributed by atoms with Crippen LogP contribution in [0.3, 0.4) is 0 Å². The third-order valence-electron chi connectivity index (χ3n) is 4.29. The van der Waals surface area contributed by atoms with Crippen LogP contribution < -0.4 is 14.8 Å². The van der Waals surface area contributed by atoms with Gasteiger partial charge in [-0.25, -0.2) is 0 Å². The lowest BCUT2D eigenvalue weighted by Crippen LogP contribution is -2.14. The Balaban J connectivity index is 1.57. The SMILES string of the molecule is COCCOc1ccc(NC(=O)c2ccccc2OCCc2ccccc2)cc1. The molecule has 0 radical (unpaired) electrons. The Morgan fingerprint density at radius 3 is 2.28 bits per heavy atom. The zero-order valence-corrected chi connectivity index (χ0v) is 16.5. The van der Waals surface area contributed by atoms with Crippen LogP contribution in [0.25, 0.3) is 0 Å². The first-order valence-electron chi connectivity index (χ1n) is 9.55. The molecule has 1 N–H and O–H groups in total. The van der Waals surface area contributed by atoms with Gasteiger partial charge in [0.2, 0.25) is 0 Å². The lowest BCUT2D eigenvalue weighted by molar-refractivity contribution is 0.102. The summed E-state index contributed by atoms with van der Waals surface area (Å²) in [4.78, 5) is 12.7. The monoisotopic (exact) mass is 391 g/mol. The number of carbonyl (C=O) groups excluding carboxylic acids is 1. The van der Waals surface area contributed by atoms with E-state index in [1.54, 1.807) is 25.3 Å². The molecule has 0 fully saturated rings. The van der Waals surface area contributed by atoms with Gasteiger partial charge in [0.05, 0.1) is 18.8 Å². The maximum absolute atomic E-state index is 12.7. The van der Waals surface area contributed by atoms with Crippen molar-refractivity contribution >= 4 is 11.6 Å². The van der Waals surface area contributed by atoms with E-state index in [0.29, 0.717) is 36.8 Å². The normalized spacial score (nSPS) is 10.4. The van der Waals surface area contributed by atoms with Crippen LogP contribution in [-0.2, 0) is 11.2 Å². The van der Waals surface area contributed by atoms with Crippen molar-refractivity contribution in [3.63, 3.8) is 0 Å². The fraction of sp³-hybridized carbons (Fsp3) is 0.208. The van der Waals surface area contributed by atoms with Gasteiger partial charge in [-0.2, -0.15) is 0 Å². The highest BCUT2D eigenvalue weighted by atomic mass is 16.5. The molecule has 3 rings (SSSR count). The van der Waals surface area contributed by atoms with E-state index in [0.717, 1.165) is 12.2 Å². The maximum atomic E-state index is 12.7. The summed E-state index contributed by atoms with van der Waals surface area (Å²) in [5.41, 5.74) is 2.39. The molecule has 0 bridgehead atoms. The van der Waals surface area contributed by atoms with Crippen molar-refractivity contribution in [2.24, 2.45) is 0 Å². The fourth-order valence-electron chi connectivity index (χ4n) is 2.78. The van der Waals surface area contributed by atoms with Crippen LogP contribution in [0.4, 0.5) is 5.69 Å². The predicted octanol–water partition coefficient (Wildman–Crippen LogP) is 4.59. The summed E-state index contributed by atoms with van der Waals surface area (Å²) < 4.78 is 16.4. The van der Waals surface area contributed by atoms with Gasteiger partial charge in [-0.1, -0.05) is 42.5 Å². The molecule has 3 aromatic rings. The molecule has 5 heteroatoms. The molecule has 5 nitrogen and oxygen atoms in total. The number of carbonyl (C=O) groups is 1. The van der Waals surface area contributed by atoms with Crippen LogP contribution >= 0.6 is 0 Å². The summed E-state index contributed by atoms with van der Waals surface area (Å²) in [5, 5.41) is 2.90. The summed E-state index contributed by atoms with van der Waals surface area (Å²) in [6.07, 6.45) is 0.779. The first-order valence-corrected chi connectivity index (χ1v) is 9.55. The van der Waals surface area contributed by atoms with Gasteiger partial charge < -0.3 is 19.5 Å². The molecule has 0 aliphatic rings. The summed E-state index contributed by atoms with van der Waals surface area (Å²) in [7, 11) is 1.63. The molecule has 29 heavy (non-hydrogen) atoms. The largest absolute Gasteiger partial charge is 0.492 e. The number of anilines is 1. The van der Waals surface area contributed by atoms with Crippen molar-refractivity contribution in [2.45, 2.75) is 6.42 Å². The van der Waals surface area contributed by atoms with Crippen molar-refractivity contribution < 1.29 is 19.0 Å². The number of nitrogens with one attached hydrogen (secondary N) is 1. The highest BCUT2D eigenvalue weighted by molar-refractivity contribution is 6.06. The van der Waals surface area contributed by atoms with Gasteiger partial charge in [-0.3, -0.25) is 4.79 Å². The smallest absolute Gasteiger partial charge is 0.259 e. The van der Waals surface area contributed by atoms with Crippen LogP contribution in [-0.4, -0.2) is 32.8 Å². The molecule has 0 heterocycles. The number of hydrogen-bond donors (Lipinski definition) is 1. The predicted molar refractivity (Wildman–Crippen MR) is 114 cm³/mol. The van der Waals surface area contributed by atoms with Crippen molar-refractivity contribution in [2.75, 3.05) is 32.2 Å². The van der Waals surface area contributed by atoms with Crippen LogP contribution in [0.1, 0.15) is 15.9 Å². The minimum atomic E-state index is -0.214. The van der Waals surface area contributed by atoms with Crippen LogP contribution in [0, 0.1) is 0 Å². The molecule has 0 atom stereocenters. The molecule has 3 aromatic carbocycles. The van der Waals surface area contributed by atoms with E-state index in [1.807, 2.05) is 48.5 Å². The lowest BCUT2D eigenvalue weighted by atomic mass is 10.1. The van der Waals surface area contributed by atoms with Crippen LogP contribution in [0.15, 0.2) is 78.9 Å². The van der Waals surface area contributed by atoms with Gasteiger partial charge in [0.15, 0.2) is 0 Å². The third kappa shape index (κ3) is 6.36. The minimum absolute atomic E-state index is 0.214. The Kier molecular flexibility index (Phi) is 7.66. The van der Waals surface area contributed by atoms with E-state index < -0.39 is 0 Å². The molecule has 0 unspecified atom stereocenters. The second kappa shape index (κ2) is 10.9. The molecule has 1 amide bonds. The molecule has 0 saturated carbocycles. The summed E-state index contributed by atoms with van der Waals surface area (Å²) in [6, 6.07) is 24.6. The van der Waals surface area contributed by atoms with Crippen LogP contribution in [0.2, 0.25) is 0 Å². The first kappa shape index (κ1) is 20.4. The van der Waals surface area contributed by atoms with Gasteiger partial charge in [-0.05, 0) is 42.0 Å². The second-order valence-electron chi connectivity index (χ2n) is 6.40. The van der Waals surface area contributed by atoms with Gasteiger partial charge in [0.25, 0.3) is 5.91 Å². The van der Waals surface area contributed by atoms with Crippen molar-refractivity contribution in [3.8, 4) is 11.5 Å². The Bertz CT molecular complexity index is 894. The number of hydrogen-bond acceptors (Lipinski definition) is 4. The average Bonchev–Trinajstić information content (AvgIpc) is 2.76. The highest BCUT2D eigenvalue weighted by Gasteiger charge is 2.12. The van der Waals surface area contributed by atoms with Crippen molar-refractivity contribution in [1.29, 1.82) is 0 Å². The number of para-hydroxylation sites is 1. The van der Waals surface area contributed by atoms with E-state index in [1.165, 1.54) is 5.56 Å². The van der Waals surface area contributed by atoms with E-state index >= 15 is 0 Å². The van der Waals surface area contributed by atoms with Crippen molar-refractivity contribution in [1.82, 2.24) is 0 Å². The van der Waals surface area contributed by atoms with E-state index in [9.17, 15) is 4.79 Å². The first-order chi connectivity index (χ1) is 14.3. The third-order valence-corrected chi connectivity index (χ3v) is 4.29. The van der Waals surface area contributed by atoms with Gasteiger partial charge in [0, 0.05) is 19.2 Å². The maximum Gasteiger partial charge on any atom is 0.259 e. The molecule has 0 aliphatic heterocycles. The minimum Gasteiger partial charge on any atom is -0.492 e. The summed E-state index contributed by atoms with van der Waals surface area (Å²) in [6.45, 7) is 1.51. The Morgan fingerprint density at radius 1 is 0.793 bits per heavy atom. The molecule has 0 spiro atoms. The lowest BCUT2D eigenvalue weighted by Gasteiger charge is -2.12. The average molecular weight is 391 g/mol. The molecule has 150 valence electrons. The topological polar surface area (TPSA) is 56.8 Å². The standard InChI is InChI=1S/C24H25NO4/c1-27-17-18-28-21-13-11-20(12-14-21)25-24(26)22-9-5-6-10-23(22)29-16-15-19-7-3-2-4-8-19/h2-14H,15-18H2,1H3,(H,25,26). The van der Waals surface area contributed by atoms with Gasteiger partial charge in [0.1, 0.15) is 18.1 Å². The van der Waals surface area contributed by atoms with E-state index in [-0.39, 0.29) is 5.91 Å². The van der Waals surface area contributed by atoms with Gasteiger partial charge >= 0.3 is 0 Å². The van der Waals surface area contributed by atoms with E-state index in [4.69, 9.17) is 14.2 Å². The zero-order chi connectivity index (χ0) is 20.3. The van der Waals surface area contributed by atoms with Crippen LogP contribution in [0.5, 0.6) is 11.5 Å². The second-order valence-corrected chi connectivity index (χ2v) is 6.40. The molecule has 0 aliphatic carbocycles. The highest BCUT2D eigenvalue weighted by Crippen LogP contribution is 2.21. The van der Waals surface area contributed by atoms with Gasteiger partial charge in [-0.15, -0.1) is 0 Å². The number of rotatable bonds is 10. The number of methoxy groups -OCH3 is 1. The summed E-state index contributed by atoms with van der Waals surface area (Å²) in [5.74, 6) is 1.08. The fourth-order valence-corrected chi connectivity index (χ4v) is 2.78. The number of benzene rings is 3. The molecule has 0 aromatic heterocycles. The zero-order valence-electron chi connectivity index (χ0n) is 16.5. The quantitative estimate of drug-likeness (QED) is 0.514. The Hall–Kier alpha value is -3.31. The van der Waals surface area contributed by atoms with E-state index in [2.05, 4.69) is 17.4 Å².